The minimum absolute atomic E-state index is 0.140. The Hall–Kier alpha value is -3.72. The molecule has 2 aromatic carbocycles. The predicted molar refractivity (Wildman–Crippen MR) is 130 cm³/mol. The fourth-order valence-electron chi connectivity index (χ4n) is 3.16. The average Bonchev–Trinajstić information content (AvgIpc) is 3.49. The zero-order chi connectivity index (χ0) is 23.8. The Morgan fingerprint density at radius 1 is 1.03 bits per heavy atom. The number of carbonyl (C=O) groups excluding carboxylic acids is 1. The summed E-state index contributed by atoms with van der Waals surface area (Å²) in [4.78, 5) is 12.5. The minimum Gasteiger partial charge on any atom is -0.494 e. The summed E-state index contributed by atoms with van der Waals surface area (Å²) in [5.41, 5.74) is 1.87. The maximum Gasteiger partial charge on any atom is 0.234 e. The van der Waals surface area contributed by atoms with Crippen molar-refractivity contribution >= 4 is 23.4 Å². The molecule has 1 N–H and O–H groups in total. The first kappa shape index (κ1) is 23.4. The van der Waals surface area contributed by atoms with Crippen molar-refractivity contribution in [1.82, 2.24) is 14.8 Å². The summed E-state index contributed by atoms with van der Waals surface area (Å²) < 4.78 is 18.7. The number of carbonyl (C=O) groups is 1. The third-order valence-electron chi connectivity index (χ3n) is 4.86. The lowest BCUT2D eigenvalue weighted by Crippen LogP contribution is -2.15. The predicted octanol–water partition coefficient (Wildman–Crippen LogP) is 4.94. The van der Waals surface area contributed by atoms with E-state index in [1.807, 2.05) is 79.1 Å². The zero-order valence-electron chi connectivity index (χ0n) is 19.1. The van der Waals surface area contributed by atoms with Crippen LogP contribution in [0.4, 0.5) is 5.69 Å². The molecule has 0 fully saturated rings. The molecular weight excluding hydrogens is 452 g/mol. The molecule has 0 saturated heterocycles. The molecule has 0 unspecified atom stereocenters. The van der Waals surface area contributed by atoms with Gasteiger partial charge in [-0.25, -0.2) is 0 Å². The van der Waals surface area contributed by atoms with Crippen molar-refractivity contribution in [1.29, 1.82) is 0 Å². The van der Waals surface area contributed by atoms with Gasteiger partial charge in [0.2, 0.25) is 5.91 Å². The van der Waals surface area contributed by atoms with Gasteiger partial charge in [0.15, 0.2) is 11.0 Å². The van der Waals surface area contributed by atoms with E-state index >= 15 is 0 Å². The van der Waals surface area contributed by atoms with Crippen molar-refractivity contribution in [2.75, 3.05) is 17.7 Å². The molecule has 2 aromatic heterocycles. The number of benzene rings is 2. The second-order valence-electron chi connectivity index (χ2n) is 7.46. The van der Waals surface area contributed by atoms with E-state index in [9.17, 15) is 4.79 Å². The number of aryl methyl sites for hydroxylation is 1. The van der Waals surface area contributed by atoms with Gasteiger partial charge in [0.25, 0.3) is 0 Å². The smallest absolute Gasteiger partial charge is 0.234 e. The molecule has 176 valence electrons. The fourth-order valence-corrected chi connectivity index (χ4v) is 3.92. The van der Waals surface area contributed by atoms with E-state index in [1.165, 1.54) is 11.8 Å². The van der Waals surface area contributed by atoms with Crippen LogP contribution in [0.1, 0.15) is 24.1 Å². The second-order valence-corrected chi connectivity index (χ2v) is 8.40. The number of amides is 1. The number of hydrogen-bond acceptors (Lipinski definition) is 7. The van der Waals surface area contributed by atoms with Gasteiger partial charge in [0, 0.05) is 5.69 Å². The van der Waals surface area contributed by atoms with Crippen molar-refractivity contribution in [3.8, 4) is 11.5 Å². The number of anilines is 1. The van der Waals surface area contributed by atoms with E-state index in [0.29, 0.717) is 29.8 Å². The first-order valence-electron chi connectivity index (χ1n) is 10.9. The first-order chi connectivity index (χ1) is 16.6. The highest BCUT2D eigenvalue weighted by Gasteiger charge is 2.16. The number of thioether (sulfide) groups is 1. The molecule has 4 rings (SSSR count). The fraction of sp³-hybridized carbons (Fsp3) is 0.240. The molecule has 1 amide bonds. The Balaban J connectivity index is 1.40. The number of ether oxygens (including phenoxy) is 2. The van der Waals surface area contributed by atoms with Crippen LogP contribution < -0.4 is 14.8 Å². The SMILES string of the molecule is CCOc1ccc(NC(=O)CSc2nnc(COc3ccc(C)cc3)n2Cc2ccco2)cc1. The number of hydrogen-bond donors (Lipinski definition) is 1. The van der Waals surface area contributed by atoms with E-state index in [0.717, 1.165) is 22.8 Å². The summed E-state index contributed by atoms with van der Waals surface area (Å²) in [5, 5.41) is 12.1. The van der Waals surface area contributed by atoms with Crippen molar-refractivity contribution in [3.63, 3.8) is 0 Å². The molecule has 9 heteroatoms. The van der Waals surface area contributed by atoms with Gasteiger partial charge in [-0.1, -0.05) is 29.5 Å². The van der Waals surface area contributed by atoms with Crippen LogP contribution in [0.15, 0.2) is 76.5 Å². The summed E-state index contributed by atoms with van der Waals surface area (Å²) in [6, 6.07) is 18.8. The van der Waals surface area contributed by atoms with E-state index in [-0.39, 0.29) is 18.3 Å². The molecule has 0 bridgehead atoms. The van der Waals surface area contributed by atoms with Crippen molar-refractivity contribution in [2.45, 2.75) is 32.2 Å². The summed E-state index contributed by atoms with van der Waals surface area (Å²) in [5.74, 6) is 2.97. The van der Waals surface area contributed by atoms with Crippen LogP contribution in [-0.4, -0.2) is 33.0 Å². The van der Waals surface area contributed by atoms with E-state index < -0.39 is 0 Å². The molecule has 0 spiro atoms. The van der Waals surface area contributed by atoms with Crippen LogP contribution in [0.5, 0.6) is 11.5 Å². The topological polar surface area (TPSA) is 91.4 Å². The Morgan fingerprint density at radius 2 is 1.76 bits per heavy atom. The summed E-state index contributed by atoms with van der Waals surface area (Å²) in [7, 11) is 0. The monoisotopic (exact) mass is 478 g/mol. The lowest BCUT2D eigenvalue weighted by atomic mass is 10.2. The van der Waals surface area contributed by atoms with Gasteiger partial charge in [-0.05, 0) is 62.4 Å². The molecule has 34 heavy (non-hydrogen) atoms. The summed E-state index contributed by atoms with van der Waals surface area (Å²) in [6.45, 7) is 5.24. The lowest BCUT2D eigenvalue weighted by Gasteiger charge is -2.10. The van der Waals surface area contributed by atoms with Crippen LogP contribution in [0.25, 0.3) is 0 Å². The molecule has 0 atom stereocenters. The van der Waals surface area contributed by atoms with Crippen LogP contribution in [0.3, 0.4) is 0 Å². The second kappa shape index (κ2) is 11.4. The molecule has 0 aliphatic rings. The van der Waals surface area contributed by atoms with Crippen LogP contribution in [-0.2, 0) is 17.9 Å². The van der Waals surface area contributed by atoms with Crippen molar-refractivity contribution in [3.05, 3.63) is 84.1 Å². The first-order valence-corrected chi connectivity index (χ1v) is 11.9. The number of furan rings is 1. The van der Waals surface area contributed by atoms with E-state index in [1.54, 1.807) is 6.26 Å². The largest absolute Gasteiger partial charge is 0.494 e. The average molecular weight is 479 g/mol. The molecular formula is C25H26N4O4S. The van der Waals surface area contributed by atoms with Gasteiger partial charge in [0.05, 0.1) is 25.2 Å². The number of aromatic nitrogens is 3. The van der Waals surface area contributed by atoms with Gasteiger partial charge >= 0.3 is 0 Å². The molecule has 4 aromatic rings. The maximum absolute atomic E-state index is 12.5. The summed E-state index contributed by atoms with van der Waals surface area (Å²) in [6.07, 6.45) is 1.62. The van der Waals surface area contributed by atoms with Gasteiger partial charge in [-0.3, -0.25) is 9.36 Å². The van der Waals surface area contributed by atoms with Gasteiger partial charge in [-0.15, -0.1) is 10.2 Å². The normalized spacial score (nSPS) is 10.8. The summed E-state index contributed by atoms with van der Waals surface area (Å²) >= 11 is 1.31. The Morgan fingerprint density at radius 3 is 2.47 bits per heavy atom. The van der Waals surface area contributed by atoms with Gasteiger partial charge < -0.3 is 19.2 Å². The third-order valence-corrected chi connectivity index (χ3v) is 5.82. The zero-order valence-corrected chi connectivity index (χ0v) is 19.9. The van der Waals surface area contributed by atoms with E-state index in [2.05, 4.69) is 15.5 Å². The number of nitrogens with one attached hydrogen (secondary N) is 1. The van der Waals surface area contributed by atoms with Crippen molar-refractivity contribution in [2.24, 2.45) is 0 Å². The van der Waals surface area contributed by atoms with E-state index in [4.69, 9.17) is 13.9 Å². The lowest BCUT2D eigenvalue weighted by molar-refractivity contribution is -0.113. The molecule has 0 aliphatic heterocycles. The molecule has 2 heterocycles. The quantitative estimate of drug-likeness (QED) is 0.305. The van der Waals surface area contributed by atoms with Crippen LogP contribution >= 0.6 is 11.8 Å². The highest BCUT2D eigenvalue weighted by atomic mass is 32.2. The van der Waals surface area contributed by atoms with Crippen molar-refractivity contribution < 1.29 is 18.7 Å². The van der Waals surface area contributed by atoms with Crippen LogP contribution in [0.2, 0.25) is 0 Å². The molecule has 0 saturated carbocycles. The Kier molecular flexibility index (Phi) is 7.87. The number of nitrogens with zero attached hydrogens (tertiary/aromatic N) is 3. The molecule has 8 nitrogen and oxygen atoms in total. The Bertz CT molecular complexity index is 1190. The van der Waals surface area contributed by atoms with Gasteiger partial charge in [0.1, 0.15) is 23.9 Å². The maximum atomic E-state index is 12.5. The highest BCUT2D eigenvalue weighted by molar-refractivity contribution is 7.99. The highest BCUT2D eigenvalue weighted by Crippen LogP contribution is 2.22. The number of rotatable bonds is 11. The third kappa shape index (κ3) is 6.41. The standard InChI is InChI=1S/C25H26N4O4S/c1-3-31-20-12-8-19(9-13-20)26-24(30)17-34-25-28-27-23(29(25)15-22-5-4-14-32-22)16-33-21-10-6-18(2)7-11-21/h4-14H,3,15-17H2,1-2H3,(H,26,30). The molecule has 0 radical (unpaired) electrons. The van der Waals surface area contributed by atoms with Crippen LogP contribution in [0, 0.1) is 6.92 Å². The Labute approximate surface area is 202 Å². The van der Waals surface area contributed by atoms with Gasteiger partial charge in [-0.2, -0.15) is 0 Å². The minimum atomic E-state index is -0.140. The molecule has 0 aliphatic carbocycles.